The second-order valence-electron chi connectivity index (χ2n) is 3.17. The number of nitrogens with one attached hydrogen (secondary N) is 2. The number of pyridine rings is 2. The molecular formula is C11H9BrN4. The van der Waals surface area contributed by atoms with Crippen molar-refractivity contribution in [1.82, 2.24) is 9.55 Å². The fourth-order valence-corrected chi connectivity index (χ4v) is 1.69. The molecule has 0 aliphatic carbocycles. The van der Waals surface area contributed by atoms with Crippen LogP contribution in [0.3, 0.4) is 0 Å². The van der Waals surface area contributed by atoms with Crippen LogP contribution in [-0.2, 0) is 0 Å². The monoisotopic (exact) mass is 276 g/mol. The quantitative estimate of drug-likeness (QED) is 0.467. The Bertz CT molecular complexity index is 588. The number of aromatic nitrogens is 2. The lowest BCUT2D eigenvalue weighted by Gasteiger charge is -2.07. The maximum atomic E-state index is 8.00. The van der Waals surface area contributed by atoms with Gasteiger partial charge in [-0.05, 0) is 40.2 Å². The summed E-state index contributed by atoms with van der Waals surface area (Å²) in [7, 11) is 0. The summed E-state index contributed by atoms with van der Waals surface area (Å²) >= 11 is 3.26. The predicted octanol–water partition coefficient (Wildman–Crippen LogP) is 2.00. The van der Waals surface area contributed by atoms with Crippen LogP contribution in [0.25, 0.3) is 0 Å². The standard InChI is InChI=1S/C11H9BrN4/c12-9-7-8(4-5-15-9)11(14)16-6-2-1-3-10(16)13/h1-7,13-14H. The summed E-state index contributed by atoms with van der Waals surface area (Å²) in [6, 6.07) is 8.70. The van der Waals surface area contributed by atoms with Crippen LogP contribution in [0, 0.1) is 10.8 Å². The van der Waals surface area contributed by atoms with Crippen molar-refractivity contribution in [2.75, 3.05) is 0 Å². The molecule has 0 saturated heterocycles. The van der Waals surface area contributed by atoms with Gasteiger partial charge in [0.05, 0.1) is 0 Å². The van der Waals surface area contributed by atoms with Crippen LogP contribution in [0.5, 0.6) is 0 Å². The van der Waals surface area contributed by atoms with Gasteiger partial charge in [0.2, 0.25) is 0 Å². The normalized spacial score (nSPS) is 10.1. The average Bonchev–Trinajstić information content (AvgIpc) is 2.29. The summed E-state index contributed by atoms with van der Waals surface area (Å²) in [5.41, 5.74) is 0.993. The van der Waals surface area contributed by atoms with Crippen molar-refractivity contribution < 1.29 is 0 Å². The van der Waals surface area contributed by atoms with E-state index in [1.807, 2.05) is 0 Å². The SMILES string of the molecule is N=C(c1ccnc(Br)c1)n1ccccc1=N. The van der Waals surface area contributed by atoms with Gasteiger partial charge in [-0.25, -0.2) is 4.98 Å². The van der Waals surface area contributed by atoms with E-state index >= 15 is 0 Å². The highest BCUT2D eigenvalue weighted by atomic mass is 79.9. The fraction of sp³-hybridized carbons (Fsp3) is 0. The van der Waals surface area contributed by atoms with E-state index in [4.69, 9.17) is 10.8 Å². The molecule has 2 rings (SSSR count). The van der Waals surface area contributed by atoms with E-state index in [0.29, 0.717) is 10.2 Å². The summed E-state index contributed by atoms with van der Waals surface area (Å²) in [5.74, 6) is 0.258. The highest BCUT2D eigenvalue weighted by molar-refractivity contribution is 9.10. The summed E-state index contributed by atoms with van der Waals surface area (Å²) in [5, 5.41) is 15.7. The predicted molar refractivity (Wildman–Crippen MR) is 64.5 cm³/mol. The van der Waals surface area contributed by atoms with Gasteiger partial charge < -0.3 is 0 Å². The Morgan fingerprint density at radius 2 is 2.12 bits per heavy atom. The van der Waals surface area contributed by atoms with Gasteiger partial charge in [0.15, 0.2) is 0 Å². The summed E-state index contributed by atoms with van der Waals surface area (Å²) < 4.78 is 2.18. The maximum absolute atomic E-state index is 8.00. The van der Waals surface area contributed by atoms with E-state index < -0.39 is 0 Å². The average molecular weight is 277 g/mol. The minimum Gasteiger partial charge on any atom is -0.286 e. The molecule has 2 N–H and O–H groups in total. The lowest BCUT2D eigenvalue weighted by Crippen LogP contribution is -2.25. The second kappa shape index (κ2) is 4.40. The molecule has 0 saturated carbocycles. The van der Waals surface area contributed by atoms with Crippen molar-refractivity contribution in [3.8, 4) is 0 Å². The molecular weight excluding hydrogens is 268 g/mol. The van der Waals surface area contributed by atoms with Gasteiger partial charge in [0, 0.05) is 18.0 Å². The zero-order valence-corrected chi connectivity index (χ0v) is 9.90. The molecule has 2 heterocycles. The molecule has 2 aromatic rings. The van der Waals surface area contributed by atoms with E-state index in [2.05, 4.69) is 20.9 Å². The minimum atomic E-state index is 0.258. The van der Waals surface area contributed by atoms with Crippen molar-refractivity contribution in [3.05, 3.63) is 58.4 Å². The first-order valence-corrected chi connectivity index (χ1v) is 5.41. The Hall–Kier alpha value is -1.75. The number of nitrogens with zero attached hydrogens (tertiary/aromatic N) is 2. The Morgan fingerprint density at radius 1 is 1.31 bits per heavy atom. The molecule has 0 aliphatic rings. The number of hydrogen-bond acceptors (Lipinski definition) is 3. The van der Waals surface area contributed by atoms with Gasteiger partial charge in [-0.15, -0.1) is 0 Å². The smallest absolute Gasteiger partial charge is 0.138 e. The van der Waals surface area contributed by atoms with E-state index in [9.17, 15) is 0 Å². The van der Waals surface area contributed by atoms with Gasteiger partial charge in [-0.3, -0.25) is 15.4 Å². The zero-order valence-electron chi connectivity index (χ0n) is 8.31. The van der Waals surface area contributed by atoms with Crippen molar-refractivity contribution in [3.63, 3.8) is 0 Å². The summed E-state index contributed by atoms with van der Waals surface area (Å²) in [6.07, 6.45) is 3.32. The highest BCUT2D eigenvalue weighted by Crippen LogP contribution is 2.08. The number of rotatable bonds is 1. The van der Waals surface area contributed by atoms with Gasteiger partial charge in [-0.2, -0.15) is 0 Å². The van der Waals surface area contributed by atoms with Crippen molar-refractivity contribution >= 4 is 21.8 Å². The van der Waals surface area contributed by atoms with Crippen LogP contribution >= 0.6 is 15.9 Å². The minimum absolute atomic E-state index is 0.258. The molecule has 0 bridgehead atoms. The van der Waals surface area contributed by atoms with Crippen LogP contribution in [0.4, 0.5) is 0 Å². The molecule has 0 aliphatic heterocycles. The first-order valence-electron chi connectivity index (χ1n) is 4.61. The van der Waals surface area contributed by atoms with Crippen LogP contribution < -0.4 is 5.49 Å². The third-order valence-corrected chi connectivity index (χ3v) is 2.53. The zero-order chi connectivity index (χ0) is 11.5. The molecule has 80 valence electrons. The molecule has 0 amide bonds. The highest BCUT2D eigenvalue weighted by Gasteiger charge is 2.04. The molecule has 2 aromatic heterocycles. The lowest BCUT2D eigenvalue weighted by atomic mass is 10.2. The Labute approximate surface area is 101 Å². The number of hydrogen-bond donors (Lipinski definition) is 2. The Kier molecular flexibility index (Phi) is 2.96. The summed E-state index contributed by atoms with van der Waals surface area (Å²) in [4.78, 5) is 4.00. The third kappa shape index (κ3) is 2.09. The molecule has 0 unspecified atom stereocenters. The van der Waals surface area contributed by atoms with E-state index in [1.54, 1.807) is 42.7 Å². The molecule has 0 radical (unpaired) electrons. The lowest BCUT2D eigenvalue weighted by molar-refractivity contribution is 0.963. The largest absolute Gasteiger partial charge is 0.286 e. The molecule has 0 atom stereocenters. The first kappa shape index (κ1) is 10.8. The van der Waals surface area contributed by atoms with Gasteiger partial charge in [0.1, 0.15) is 15.9 Å². The van der Waals surface area contributed by atoms with Gasteiger partial charge in [-0.1, -0.05) is 6.07 Å². The third-order valence-electron chi connectivity index (χ3n) is 2.10. The molecule has 0 spiro atoms. The summed E-state index contributed by atoms with van der Waals surface area (Å²) in [6.45, 7) is 0. The van der Waals surface area contributed by atoms with Crippen LogP contribution in [-0.4, -0.2) is 15.4 Å². The van der Waals surface area contributed by atoms with Crippen molar-refractivity contribution in [2.24, 2.45) is 0 Å². The van der Waals surface area contributed by atoms with E-state index in [0.717, 1.165) is 0 Å². The molecule has 16 heavy (non-hydrogen) atoms. The fourth-order valence-electron chi connectivity index (χ4n) is 1.33. The van der Waals surface area contributed by atoms with Crippen molar-refractivity contribution in [2.45, 2.75) is 0 Å². The molecule has 4 nitrogen and oxygen atoms in total. The maximum Gasteiger partial charge on any atom is 0.138 e. The topological polar surface area (TPSA) is 65.5 Å². The first-order chi connectivity index (χ1) is 7.68. The Morgan fingerprint density at radius 3 is 2.81 bits per heavy atom. The number of halogens is 1. The molecule has 5 heteroatoms. The van der Waals surface area contributed by atoms with Crippen LogP contribution in [0.15, 0.2) is 47.3 Å². The Balaban J connectivity index is 2.48. The van der Waals surface area contributed by atoms with E-state index in [-0.39, 0.29) is 11.3 Å². The van der Waals surface area contributed by atoms with E-state index in [1.165, 1.54) is 4.57 Å². The van der Waals surface area contributed by atoms with Crippen LogP contribution in [0.1, 0.15) is 5.56 Å². The molecule has 0 aromatic carbocycles. The van der Waals surface area contributed by atoms with Crippen LogP contribution in [0.2, 0.25) is 0 Å². The van der Waals surface area contributed by atoms with Gasteiger partial charge >= 0.3 is 0 Å². The van der Waals surface area contributed by atoms with Gasteiger partial charge in [0.25, 0.3) is 0 Å². The molecule has 0 fully saturated rings. The van der Waals surface area contributed by atoms with Crippen molar-refractivity contribution in [1.29, 1.82) is 10.8 Å². The second-order valence-corrected chi connectivity index (χ2v) is 3.98.